The third-order valence-corrected chi connectivity index (χ3v) is 10.5. The van der Waals surface area contributed by atoms with E-state index in [1.807, 2.05) is 12.1 Å². The lowest BCUT2D eigenvalue weighted by atomic mass is 9.75. The van der Waals surface area contributed by atoms with Gasteiger partial charge in [0.05, 0.1) is 11.4 Å². The van der Waals surface area contributed by atoms with Crippen LogP contribution in [-0.4, -0.2) is 6.54 Å². The van der Waals surface area contributed by atoms with Crippen molar-refractivity contribution in [3.8, 4) is 22.3 Å². The van der Waals surface area contributed by atoms with Crippen LogP contribution in [0, 0.1) is 5.92 Å². The fourth-order valence-corrected chi connectivity index (χ4v) is 7.81. The summed E-state index contributed by atoms with van der Waals surface area (Å²) >= 11 is 0. The van der Waals surface area contributed by atoms with Crippen molar-refractivity contribution in [3.63, 3.8) is 0 Å². The van der Waals surface area contributed by atoms with Gasteiger partial charge < -0.3 is 10.6 Å². The van der Waals surface area contributed by atoms with Crippen molar-refractivity contribution < 1.29 is 0 Å². The third kappa shape index (κ3) is 6.12. The standard InChI is InChI=1S/C49H44N2/c1-34(2)33-51(46-20-12-11-19-45(46)50)40-27-23-38(24-28-40)48-43-17-9-7-15-41(43)47(42-16-8-10-18-44(42)48)37-21-25-39(26-22-37)49(3)31-29-36(30-32-49)35-13-5-4-6-14-35/h4-31,34H,32-33,50H2,1-3H3. The number of nitrogens with zero attached hydrogens (tertiary/aromatic N) is 1. The van der Waals surface area contributed by atoms with Crippen LogP contribution in [0.3, 0.4) is 0 Å². The molecule has 2 nitrogen and oxygen atoms in total. The van der Waals surface area contributed by atoms with E-state index < -0.39 is 0 Å². The predicted octanol–water partition coefficient (Wildman–Crippen LogP) is 13.0. The largest absolute Gasteiger partial charge is 0.397 e. The second-order valence-electron chi connectivity index (χ2n) is 14.5. The molecule has 2 N–H and O–H groups in total. The van der Waals surface area contributed by atoms with E-state index >= 15 is 0 Å². The highest BCUT2D eigenvalue weighted by molar-refractivity contribution is 6.21. The Hall–Kier alpha value is -5.86. The molecular formula is C49H44N2. The number of para-hydroxylation sites is 2. The summed E-state index contributed by atoms with van der Waals surface area (Å²) in [7, 11) is 0. The average Bonchev–Trinajstić information content (AvgIpc) is 3.17. The summed E-state index contributed by atoms with van der Waals surface area (Å²) in [5.74, 6) is 0.477. The quantitative estimate of drug-likeness (QED) is 0.130. The Labute approximate surface area is 302 Å². The van der Waals surface area contributed by atoms with E-state index in [0.29, 0.717) is 5.92 Å². The highest BCUT2D eigenvalue weighted by Gasteiger charge is 2.26. The predicted molar refractivity (Wildman–Crippen MR) is 221 cm³/mol. The van der Waals surface area contributed by atoms with Crippen LogP contribution in [0.1, 0.15) is 38.3 Å². The van der Waals surface area contributed by atoms with Crippen LogP contribution in [0.2, 0.25) is 0 Å². The SMILES string of the molecule is CC(C)CN(c1ccc(-c2c3ccccc3c(-c3ccc(C4(C)C=CC(c5ccccc5)=CC4)cc3)c3ccccc23)cc1)c1ccccc1N. The van der Waals surface area contributed by atoms with Crippen LogP contribution in [0.15, 0.2) is 170 Å². The zero-order valence-corrected chi connectivity index (χ0v) is 29.7. The number of allylic oxidation sites excluding steroid dienone is 4. The summed E-state index contributed by atoms with van der Waals surface area (Å²) in [4.78, 5) is 2.34. The maximum atomic E-state index is 6.47. The molecule has 2 heteroatoms. The van der Waals surface area contributed by atoms with Gasteiger partial charge in [0.2, 0.25) is 0 Å². The molecule has 51 heavy (non-hydrogen) atoms. The smallest absolute Gasteiger partial charge is 0.0644 e. The van der Waals surface area contributed by atoms with Crippen LogP contribution in [-0.2, 0) is 5.41 Å². The number of fused-ring (bicyclic) bond motifs is 2. The van der Waals surface area contributed by atoms with Crippen molar-refractivity contribution in [1.82, 2.24) is 0 Å². The van der Waals surface area contributed by atoms with Crippen molar-refractivity contribution in [1.29, 1.82) is 0 Å². The molecule has 0 radical (unpaired) electrons. The van der Waals surface area contributed by atoms with Crippen LogP contribution >= 0.6 is 0 Å². The zero-order valence-electron chi connectivity index (χ0n) is 29.7. The van der Waals surface area contributed by atoms with Crippen molar-refractivity contribution in [2.45, 2.75) is 32.6 Å². The molecule has 0 spiro atoms. The fraction of sp³-hybridized carbons (Fsp3) is 0.143. The number of nitrogens with two attached hydrogens (primary N) is 1. The van der Waals surface area contributed by atoms with Gasteiger partial charge in [-0.25, -0.2) is 0 Å². The molecule has 0 aromatic heterocycles. The van der Waals surface area contributed by atoms with Gasteiger partial charge in [-0.05, 0) is 97.1 Å². The van der Waals surface area contributed by atoms with Crippen molar-refractivity contribution >= 4 is 44.2 Å². The molecule has 0 amide bonds. The molecular weight excluding hydrogens is 617 g/mol. The number of nitrogen functional groups attached to an aromatic ring is 1. The molecule has 0 bridgehead atoms. The van der Waals surface area contributed by atoms with Crippen molar-refractivity contribution in [3.05, 3.63) is 181 Å². The van der Waals surface area contributed by atoms with Gasteiger partial charge in [0, 0.05) is 17.6 Å². The number of anilines is 3. The summed E-state index contributed by atoms with van der Waals surface area (Å²) in [5, 5.41) is 5.05. The highest BCUT2D eigenvalue weighted by Crippen LogP contribution is 2.45. The second kappa shape index (κ2) is 13.5. The Bertz CT molecular complexity index is 2340. The van der Waals surface area contributed by atoms with Gasteiger partial charge in [0.15, 0.2) is 0 Å². The molecule has 1 atom stereocenters. The van der Waals surface area contributed by atoms with E-state index in [1.54, 1.807) is 0 Å². The van der Waals surface area contributed by atoms with E-state index in [2.05, 4.69) is 183 Å². The van der Waals surface area contributed by atoms with Gasteiger partial charge in [-0.3, -0.25) is 0 Å². The van der Waals surface area contributed by atoms with E-state index in [-0.39, 0.29) is 5.41 Å². The van der Waals surface area contributed by atoms with Crippen LogP contribution < -0.4 is 10.6 Å². The third-order valence-electron chi connectivity index (χ3n) is 10.5. The normalized spacial score (nSPS) is 15.7. The lowest BCUT2D eigenvalue weighted by Crippen LogP contribution is -2.23. The van der Waals surface area contributed by atoms with Crippen LogP contribution in [0.4, 0.5) is 17.1 Å². The average molecular weight is 661 g/mol. The van der Waals surface area contributed by atoms with Gasteiger partial charge in [-0.2, -0.15) is 0 Å². The second-order valence-corrected chi connectivity index (χ2v) is 14.5. The Morgan fingerprint density at radius 2 is 1.10 bits per heavy atom. The fourth-order valence-electron chi connectivity index (χ4n) is 7.81. The number of benzene rings is 7. The number of hydrogen-bond acceptors (Lipinski definition) is 2. The lowest BCUT2D eigenvalue weighted by molar-refractivity contribution is 0.601. The van der Waals surface area contributed by atoms with Gasteiger partial charge in [-0.15, -0.1) is 0 Å². The highest BCUT2D eigenvalue weighted by atomic mass is 15.1. The Morgan fingerprint density at radius 1 is 0.588 bits per heavy atom. The molecule has 0 saturated heterocycles. The Balaban J connectivity index is 1.18. The maximum absolute atomic E-state index is 6.47. The van der Waals surface area contributed by atoms with E-state index in [4.69, 9.17) is 5.73 Å². The molecule has 1 unspecified atom stereocenters. The first-order valence-electron chi connectivity index (χ1n) is 18.1. The van der Waals surface area contributed by atoms with Crippen molar-refractivity contribution in [2.75, 3.05) is 17.2 Å². The molecule has 7 aromatic carbocycles. The van der Waals surface area contributed by atoms with Gasteiger partial charge in [0.1, 0.15) is 0 Å². The molecule has 1 aliphatic rings. The Morgan fingerprint density at radius 3 is 1.61 bits per heavy atom. The summed E-state index contributed by atoms with van der Waals surface area (Å²) in [6.45, 7) is 7.73. The van der Waals surface area contributed by atoms with Crippen molar-refractivity contribution in [2.24, 2.45) is 5.92 Å². The number of rotatable bonds is 8. The minimum atomic E-state index is -0.0477. The molecule has 0 heterocycles. The molecule has 1 aliphatic carbocycles. The first-order chi connectivity index (χ1) is 24.9. The van der Waals surface area contributed by atoms with Gasteiger partial charge in [-0.1, -0.05) is 166 Å². The first-order valence-corrected chi connectivity index (χ1v) is 18.1. The number of hydrogen-bond donors (Lipinski definition) is 1. The first kappa shape index (κ1) is 32.4. The monoisotopic (exact) mass is 660 g/mol. The Kier molecular flexibility index (Phi) is 8.53. The lowest BCUT2D eigenvalue weighted by Gasteiger charge is -2.29. The van der Waals surface area contributed by atoms with Gasteiger partial charge >= 0.3 is 0 Å². The molecule has 0 fully saturated rings. The summed E-state index contributed by atoms with van der Waals surface area (Å²) in [6, 6.07) is 55.0. The molecule has 250 valence electrons. The minimum Gasteiger partial charge on any atom is -0.397 e. The van der Waals surface area contributed by atoms with Gasteiger partial charge in [0.25, 0.3) is 0 Å². The molecule has 0 aliphatic heterocycles. The molecule has 8 rings (SSSR count). The molecule has 0 saturated carbocycles. The van der Waals surface area contributed by atoms with Crippen LogP contribution in [0.25, 0.3) is 49.4 Å². The van der Waals surface area contributed by atoms with Crippen LogP contribution in [0.5, 0.6) is 0 Å². The molecule has 7 aromatic rings. The maximum Gasteiger partial charge on any atom is 0.0644 e. The van der Waals surface area contributed by atoms with E-state index in [0.717, 1.165) is 30.0 Å². The van der Waals surface area contributed by atoms with E-state index in [9.17, 15) is 0 Å². The van der Waals surface area contributed by atoms with E-state index in [1.165, 1.54) is 60.5 Å². The topological polar surface area (TPSA) is 29.3 Å². The summed E-state index contributed by atoms with van der Waals surface area (Å²) in [5.41, 5.74) is 18.3. The summed E-state index contributed by atoms with van der Waals surface area (Å²) < 4.78 is 0. The zero-order chi connectivity index (χ0) is 35.0. The minimum absolute atomic E-state index is 0.0477. The summed E-state index contributed by atoms with van der Waals surface area (Å²) in [6.07, 6.45) is 8.03.